The molecule has 3 aromatic rings. The maximum atomic E-state index is 13.8. The smallest absolute Gasteiger partial charge is 0.174 e. The Morgan fingerprint density at radius 2 is 2.23 bits per heavy atom. The van der Waals surface area contributed by atoms with Gasteiger partial charge in [-0.3, -0.25) is 0 Å². The largest absolute Gasteiger partial charge is 0.507 e. The lowest BCUT2D eigenvalue weighted by atomic mass is 10.0. The summed E-state index contributed by atoms with van der Waals surface area (Å²) in [4.78, 5) is 8.22. The highest BCUT2D eigenvalue weighted by molar-refractivity contribution is 5.68. The Bertz CT molecular complexity index is 923. The standard InChI is InChI=1S/C18H17FN6O/c19-15-9-20-4-3-12(15)7-18-22-10-16(23-24-18)14-2-1-13(8-17(14)26)25-6-5-21-11-25/h1-2,5-8,10-11,15,20,26H,3-4,9H2/b12-7-/t15-/m0/s1. The molecule has 26 heavy (non-hydrogen) atoms. The van der Waals surface area contributed by atoms with E-state index in [4.69, 9.17) is 0 Å². The lowest BCUT2D eigenvalue weighted by Crippen LogP contribution is -2.32. The fourth-order valence-corrected chi connectivity index (χ4v) is 2.86. The van der Waals surface area contributed by atoms with E-state index >= 15 is 0 Å². The Balaban J connectivity index is 1.58. The van der Waals surface area contributed by atoms with Gasteiger partial charge >= 0.3 is 0 Å². The van der Waals surface area contributed by atoms with E-state index in [0.29, 0.717) is 35.6 Å². The van der Waals surface area contributed by atoms with Gasteiger partial charge < -0.3 is 15.0 Å². The summed E-state index contributed by atoms with van der Waals surface area (Å²) in [6.07, 6.45) is 7.88. The average molecular weight is 352 g/mol. The first-order valence-corrected chi connectivity index (χ1v) is 8.27. The number of nitrogens with zero attached hydrogens (tertiary/aromatic N) is 5. The van der Waals surface area contributed by atoms with Gasteiger partial charge in [0.2, 0.25) is 0 Å². The molecule has 0 bridgehead atoms. The van der Waals surface area contributed by atoms with Crippen LogP contribution in [0.2, 0.25) is 0 Å². The second kappa shape index (κ2) is 7.01. The number of aromatic hydroxyl groups is 1. The average Bonchev–Trinajstić information content (AvgIpc) is 3.19. The van der Waals surface area contributed by atoms with Crippen molar-refractivity contribution in [3.05, 3.63) is 54.5 Å². The van der Waals surface area contributed by atoms with Crippen molar-refractivity contribution in [1.29, 1.82) is 0 Å². The molecule has 1 fully saturated rings. The zero-order valence-electron chi connectivity index (χ0n) is 13.9. The number of alkyl halides is 1. The van der Waals surface area contributed by atoms with E-state index in [1.165, 1.54) is 6.20 Å². The molecule has 1 atom stereocenters. The Labute approximate surface area is 149 Å². The summed E-state index contributed by atoms with van der Waals surface area (Å²) in [7, 11) is 0. The Morgan fingerprint density at radius 1 is 1.31 bits per heavy atom. The number of hydrogen-bond donors (Lipinski definition) is 2. The molecule has 1 aliphatic rings. The fourth-order valence-electron chi connectivity index (χ4n) is 2.86. The predicted molar refractivity (Wildman–Crippen MR) is 94.4 cm³/mol. The predicted octanol–water partition coefficient (Wildman–Crippen LogP) is 2.14. The third kappa shape index (κ3) is 3.31. The van der Waals surface area contributed by atoms with Crippen molar-refractivity contribution in [3.63, 3.8) is 0 Å². The molecule has 0 saturated carbocycles. The van der Waals surface area contributed by atoms with Crippen LogP contribution < -0.4 is 5.32 Å². The Morgan fingerprint density at radius 3 is 2.92 bits per heavy atom. The van der Waals surface area contributed by atoms with Crippen LogP contribution in [0.3, 0.4) is 0 Å². The molecule has 0 spiro atoms. The van der Waals surface area contributed by atoms with Crippen molar-refractivity contribution in [2.45, 2.75) is 12.6 Å². The third-order valence-electron chi connectivity index (χ3n) is 4.27. The molecule has 0 radical (unpaired) electrons. The molecule has 7 nitrogen and oxygen atoms in total. The number of halogens is 1. The first kappa shape index (κ1) is 16.3. The van der Waals surface area contributed by atoms with Crippen molar-refractivity contribution < 1.29 is 9.50 Å². The number of hydrogen-bond acceptors (Lipinski definition) is 6. The molecule has 132 valence electrons. The van der Waals surface area contributed by atoms with Gasteiger partial charge in [0.25, 0.3) is 0 Å². The summed E-state index contributed by atoms with van der Waals surface area (Å²) >= 11 is 0. The lowest BCUT2D eigenvalue weighted by molar-refractivity contribution is 0.334. The van der Waals surface area contributed by atoms with E-state index < -0.39 is 6.17 Å². The van der Waals surface area contributed by atoms with Crippen LogP contribution in [0.5, 0.6) is 5.75 Å². The van der Waals surface area contributed by atoms with Gasteiger partial charge in [-0.05, 0) is 36.7 Å². The van der Waals surface area contributed by atoms with Gasteiger partial charge in [0, 0.05) is 30.6 Å². The molecule has 4 rings (SSSR count). The van der Waals surface area contributed by atoms with Gasteiger partial charge in [-0.25, -0.2) is 14.4 Å². The van der Waals surface area contributed by atoms with E-state index in [0.717, 1.165) is 12.2 Å². The second-order valence-electron chi connectivity index (χ2n) is 6.01. The summed E-state index contributed by atoms with van der Waals surface area (Å²) in [5.41, 5.74) is 2.43. The van der Waals surface area contributed by atoms with E-state index in [1.807, 2.05) is 6.07 Å². The van der Waals surface area contributed by atoms with Gasteiger partial charge in [0.05, 0.1) is 18.2 Å². The van der Waals surface area contributed by atoms with Gasteiger partial charge in [-0.1, -0.05) is 0 Å². The first-order valence-electron chi connectivity index (χ1n) is 8.27. The highest BCUT2D eigenvalue weighted by Crippen LogP contribution is 2.29. The Kier molecular flexibility index (Phi) is 4.40. The number of nitrogens with one attached hydrogen (secondary N) is 1. The van der Waals surface area contributed by atoms with Gasteiger partial charge in [-0.15, -0.1) is 10.2 Å². The van der Waals surface area contributed by atoms with Crippen molar-refractivity contribution in [2.75, 3.05) is 13.1 Å². The van der Waals surface area contributed by atoms with Crippen LogP contribution in [-0.2, 0) is 0 Å². The van der Waals surface area contributed by atoms with Crippen LogP contribution in [-0.4, -0.2) is 49.1 Å². The molecule has 8 heteroatoms. The number of imidazole rings is 1. The minimum absolute atomic E-state index is 0.0700. The minimum atomic E-state index is -1.02. The monoisotopic (exact) mass is 352 g/mol. The summed E-state index contributed by atoms with van der Waals surface area (Å²) in [5, 5.41) is 21.5. The third-order valence-corrected chi connectivity index (χ3v) is 4.27. The molecule has 1 aromatic carbocycles. The van der Waals surface area contributed by atoms with Crippen LogP contribution in [0.4, 0.5) is 4.39 Å². The normalized spacial score (nSPS) is 19.0. The molecule has 0 unspecified atom stereocenters. The van der Waals surface area contributed by atoms with Crippen molar-refractivity contribution in [2.24, 2.45) is 0 Å². The number of rotatable bonds is 3. The number of phenols is 1. The van der Waals surface area contributed by atoms with E-state index in [9.17, 15) is 9.50 Å². The zero-order valence-corrected chi connectivity index (χ0v) is 13.9. The van der Waals surface area contributed by atoms with Crippen LogP contribution in [0.25, 0.3) is 23.0 Å². The van der Waals surface area contributed by atoms with Crippen LogP contribution in [0.1, 0.15) is 12.2 Å². The molecule has 2 aromatic heterocycles. The van der Waals surface area contributed by atoms with Gasteiger partial charge in [0.15, 0.2) is 5.82 Å². The quantitative estimate of drug-likeness (QED) is 0.751. The van der Waals surface area contributed by atoms with E-state index in [1.54, 1.807) is 41.5 Å². The van der Waals surface area contributed by atoms with Crippen LogP contribution in [0, 0.1) is 0 Å². The van der Waals surface area contributed by atoms with E-state index in [-0.39, 0.29) is 5.75 Å². The number of phenolic OH excluding ortho intramolecular Hbond substituents is 1. The molecule has 0 aliphatic carbocycles. The first-order chi connectivity index (χ1) is 12.7. The molecule has 3 heterocycles. The molecule has 0 amide bonds. The number of benzene rings is 1. The van der Waals surface area contributed by atoms with Crippen molar-refractivity contribution in [1.82, 2.24) is 30.0 Å². The summed E-state index contributed by atoms with van der Waals surface area (Å²) in [6.45, 7) is 1.06. The van der Waals surface area contributed by atoms with Crippen molar-refractivity contribution in [3.8, 4) is 22.7 Å². The van der Waals surface area contributed by atoms with E-state index in [2.05, 4.69) is 25.5 Å². The molecular formula is C18H17FN6O. The van der Waals surface area contributed by atoms with Crippen LogP contribution >= 0.6 is 0 Å². The molecule has 2 N–H and O–H groups in total. The SMILES string of the molecule is Oc1cc(-n2ccnc2)ccc1-c1cnc(/C=C2/CCNC[C@@H]2F)nn1. The lowest BCUT2D eigenvalue weighted by Gasteiger charge is -2.19. The zero-order chi connectivity index (χ0) is 17.9. The summed E-state index contributed by atoms with van der Waals surface area (Å²) in [6, 6.07) is 5.22. The summed E-state index contributed by atoms with van der Waals surface area (Å²) in [5.74, 6) is 0.434. The second-order valence-corrected chi connectivity index (χ2v) is 6.01. The van der Waals surface area contributed by atoms with Crippen molar-refractivity contribution >= 4 is 6.08 Å². The highest BCUT2D eigenvalue weighted by Gasteiger charge is 2.18. The molecule has 1 aliphatic heterocycles. The Hall–Kier alpha value is -3.13. The topological polar surface area (TPSA) is 88.8 Å². The number of aromatic nitrogens is 5. The van der Waals surface area contributed by atoms with Gasteiger partial charge in [-0.2, -0.15) is 0 Å². The maximum Gasteiger partial charge on any atom is 0.174 e. The minimum Gasteiger partial charge on any atom is -0.507 e. The fraction of sp³-hybridized carbons (Fsp3) is 0.222. The maximum absolute atomic E-state index is 13.8. The molecule has 1 saturated heterocycles. The summed E-state index contributed by atoms with van der Waals surface area (Å²) < 4.78 is 15.6. The molecular weight excluding hydrogens is 335 g/mol. The van der Waals surface area contributed by atoms with Crippen LogP contribution in [0.15, 0.2) is 48.7 Å². The highest BCUT2D eigenvalue weighted by atomic mass is 19.1. The number of piperidine rings is 1. The van der Waals surface area contributed by atoms with Gasteiger partial charge in [0.1, 0.15) is 17.6 Å².